The van der Waals surface area contributed by atoms with Crippen molar-refractivity contribution in [2.24, 2.45) is 17.3 Å². The highest BCUT2D eigenvalue weighted by molar-refractivity contribution is 5.97. The molecule has 0 atom stereocenters. The van der Waals surface area contributed by atoms with Gasteiger partial charge in [0.25, 0.3) is 5.91 Å². The van der Waals surface area contributed by atoms with Gasteiger partial charge in [-0.2, -0.15) is 0 Å². The summed E-state index contributed by atoms with van der Waals surface area (Å²) in [7, 11) is 0. The van der Waals surface area contributed by atoms with Gasteiger partial charge < -0.3 is 24.2 Å². The number of likely N-dealkylation sites (tertiary alicyclic amines) is 1. The number of carbonyl (C=O) groups excluding carboxylic acids is 2. The molecule has 0 unspecified atom stereocenters. The molecule has 1 amide bonds. The largest absolute Gasteiger partial charge is 0.460 e. The summed E-state index contributed by atoms with van der Waals surface area (Å²) in [5.41, 5.74) is 0.0161. The van der Waals surface area contributed by atoms with E-state index in [0.717, 1.165) is 71.2 Å². The van der Waals surface area contributed by atoms with Crippen LogP contribution < -0.4 is 9.64 Å². The monoisotopic (exact) mass is 623 g/mol. The van der Waals surface area contributed by atoms with E-state index in [1.165, 1.54) is 24.5 Å². The maximum absolute atomic E-state index is 14.3. The molecule has 5 rings (SSSR count). The number of benzene rings is 1. The topological polar surface area (TPSA) is 88.1 Å². The van der Waals surface area contributed by atoms with Crippen molar-refractivity contribution in [1.29, 1.82) is 0 Å². The van der Waals surface area contributed by atoms with Crippen molar-refractivity contribution in [3.8, 4) is 11.5 Å². The molecule has 0 N–H and O–H groups in total. The highest BCUT2D eigenvalue weighted by atomic mass is 19.1. The first kappa shape index (κ1) is 33.1. The second-order valence-electron chi connectivity index (χ2n) is 14.5. The minimum Gasteiger partial charge on any atom is -0.460 e. The Labute approximate surface area is 267 Å². The summed E-state index contributed by atoms with van der Waals surface area (Å²) in [5, 5.41) is 0. The number of carbonyl (C=O) groups is 2. The lowest BCUT2D eigenvalue weighted by atomic mass is 9.71. The minimum atomic E-state index is -0.487. The molecule has 0 bridgehead atoms. The fourth-order valence-electron chi connectivity index (χ4n) is 7.17. The van der Waals surface area contributed by atoms with Crippen molar-refractivity contribution in [3.63, 3.8) is 0 Å². The Morgan fingerprint density at radius 1 is 1.09 bits per heavy atom. The molecule has 1 aliphatic carbocycles. The van der Waals surface area contributed by atoms with Gasteiger partial charge in [0.2, 0.25) is 0 Å². The zero-order chi connectivity index (χ0) is 32.4. The zero-order valence-electron chi connectivity index (χ0n) is 27.9. The van der Waals surface area contributed by atoms with Gasteiger partial charge in [0, 0.05) is 37.6 Å². The van der Waals surface area contributed by atoms with E-state index >= 15 is 0 Å². The number of piperidine rings is 1. The summed E-state index contributed by atoms with van der Waals surface area (Å²) in [6, 6.07) is 4.02. The van der Waals surface area contributed by atoms with Crippen LogP contribution in [0.3, 0.4) is 0 Å². The van der Waals surface area contributed by atoms with Gasteiger partial charge in [-0.3, -0.25) is 9.59 Å². The van der Waals surface area contributed by atoms with Crippen molar-refractivity contribution < 1.29 is 23.5 Å². The lowest BCUT2D eigenvalue weighted by Crippen LogP contribution is -2.61. The number of amides is 1. The predicted octanol–water partition coefficient (Wildman–Crippen LogP) is 6.33. The number of esters is 1. The third kappa shape index (κ3) is 7.94. The standard InChI is InChI=1S/C35H50FN5O4/c1-7-41(24(2)3)32(42)28-18-27(36)12-13-29(28)44-30-19-37-23-38-31(30)40-21-35(22-40)14-16-39(17-15-35)20-25-8-10-26(11-9-25)33(43)45-34(4,5)6/h12-13,18-19,23-26H,7-11,14-17,20-22H2,1-6H3. The molecule has 3 aliphatic rings. The van der Waals surface area contributed by atoms with Gasteiger partial charge in [-0.05, 0) is 117 Å². The van der Waals surface area contributed by atoms with Crippen molar-refractivity contribution in [2.45, 2.75) is 91.7 Å². The van der Waals surface area contributed by atoms with Crippen LogP contribution in [0, 0.1) is 23.1 Å². The SMILES string of the molecule is CCN(C(=O)c1cc(F)ccc1Oc1cncnc1N1CC2(CCN(CC3CCC(C(=O)OC(C)(C)C)CC3)CC2)C1)C(C)C. The van der Waals surface area contributed by atoms with Crippen LogP contribution in [0.25, 0.3) is 0 Å². The van der Waals surface area contributed by atoms with Gasteiger partial charge in [0.05, 0.1) is 17.7 Å². The number of halogens is 1. The van der Waals surface area contributed by atoms with Crippen LogP contribution >= 0.6 is 0 Å². The van der Waals surface area contributed by atoms with E-state index in [1.54, 1.807) is 11.1 Å². The van der Waals surface area contributed by atoms with Gasteiger partial charge in [-0.25, -0.2) is 14.4 Å². The molecule has 1 saturated carbocycles. The zero-order valence-corrected chi connectivity index (χ0v) is 27.9. The Balaban J connectivity index is 1.15. The normalized spacial score (nSPS) is 21.8. The van der Waals surface area contributed by atoms with Crippen LogP contribution in [0.15, 0.2) is 30.7 Å². The quantitative estimate of drug-likeness (QED) is 0.300. The van der Waals surface area contributed by atoms with E-state index in [4.69, 9.17) is 9.47 Å². The Morgan fingerprint density at radius 3 is 2.40 bits per heavy atom. The number of anilines is 1. The highest BCUT2D eigenvalue weighted by Gasteiger charge is 2.46. The van der Waals surface area contributed by atoms with E-state index in [9.17, 15) is 14.0 Å². The lowest BCUT2D eigenvalue weighted by Gasteiger charge is -2.54. The number of aromatic nitrogens is 2. The van der Waals surface area contributed by atoms with Gasteiger partial charge in [-0.1, -0.05) is 0 Å². The number of ether oxygens (including phenoxy) is 2. The molecule has 2 aliphatic heterocycles. The van der Waals surface area contributed by atoms with Gasteiger partial charge in [-0.15, -0.1) is 0 Å². The predicted molar refractivity (Wildman–Crippen MR) is 172 cm³/mol. The molecule has 1 aromatic heterocycles. The molecular formula is C35H50FN5O4. The average Bonchev–Trinajstić information content (AvgIpc) is 2.97. The van der Waals surface area contributed by atoms with Gasteiger partial charge in [0.15, 0.2) is 11.6 Å². The second-order valence-corrected chi connectivity index (χ2v) is 14.5. The first-order chi connectivity index (χ1) is 21.4. The molecule has 1 aromatic carbocycles. The summed E-state index contributed by atoms with van der Waals surface area (Å²) in [4.78, 5) is 41.1. The Morgan fingerprint density at radius 2 is 1.78 bits per heavy atom. The van der Waals surface area contributed by atoms with Crippen molar-refractivity contribution in [2.75, 3.05) is 44.2 Å². The molecule has 246 valence electrons. The number of nitrogens with zero attached hydrogens (tertiary/aromatic N) is 5. The molecular weight excluding hydrogens is 573 g/mol. The summed E-state index contributed by atoms with van der Waals surface area (Å²) >= 11 is 0. The molecule has 10 heteroatoms. The van der Waals surface area contributed by atoms with Crippen molar-refractivity contribution >= 4 is 17.7 Å². The van der Waals surface area contributed by atoms with Crippen molar-refractivity contribution in [1.82, 2.24) is 19.8 Å². The van der Waals surface area contributed by atoms with Gasteiger partial charge >= 0.3 is 5.97 Å². The van der Waals surface area contributed by atoms with Crippen LogP contribution in [-0.4, -0.2) is 82.6 Å². The molecule has 3 heterocycles. The fraction of sp³-hybridized carbons (Fsp3) is 0.657. The number of hydrogen-bond acceptors (Lipinski definition) is 8. The highest BCUT2D eigenvalue weighted by Crippen LogP contribution is 2.45. The van der Waals surface area contributed by atoms with Crippen LogP contribution in [0.5, 0.6) is 11.5 Å². The molecule has 45 heavy (non-hydrogen) atoms. The molecule has 2 saturated heterocycles. The Kier molecular flexibility index (Phi) is 10.0. The fourth-order valence-corrected chi connectivity index (χ4v) is 7.17. The Bertz CT molecular complexity index is 1340. The van der Waals surface area contributed by atoms with E-state index in [2.05, 4.69) is 19.8 Å². The van der Waals surface area contributed by atoms with Crippen LogP contribution in [-0.2, 0) is 9.53 Å². The van der Waals surface area contributed by atoms with E-state index in [1.807, 2.05) is 41.5 Å². The molecule has 9 nitrogen and oxygen atoms in total. The molecule has 2 aromatic rings. The molecule has 3 fully saturated rings. The molecule has 1 spiro atoms. The third-order valence-corrected chi connectivity index (χ3v) is 9.65. The lowest BCUT2D eigenvalue weighted by molar-refractivity contribution is -0.161. The van der Waals surface area contributed by atoms with Gasteiger partial charge in [0.1, 0.15) is 23.5 Å². The minimum absolute atomic E-state index is 0.0304. The smallest absolute Gasteiger partial charge is 0.309 e. The average molecular weight is 624 g/mol. The van der Waals surface area contributed by atoms with E-state index in [0.29, 0.717) is 29.8 Å². The summed E-state index contributed by atoms with van der Waals surface area (Å²) < 4.78 is 26.1. The van der Waals surface area contributed by atoms with Crippen LogP contribution in [0.2, 0.25) is 0 Å². The van der Waals surface area contributed by atoms with Crippen molar-refractivity contribution in [3.05, 3.63) is 42.1 Å². The summed E-state index contributed by atoms with van der Waals surface area (Å²) in [5.74, 6) is 1.34. The first-order valence-electron chi connectivity index (χ1n) is 16.6. The second kappa shape index (κ2) is 13.6. The number of hydrogen-bond donors (Lipinski definition) is 0. The van der Waals surface area contributed by atoms with E-state index < -0.39 is 11.4 Å². The number of rotatable bonds is 9. The summed E-state index contributed by atoms with van der Waals surface area (Å²) in [6.45, 7) is 17.1. The van der Waals surface area contributed by atoms with Crippen LogP contribution in [0.4, 0.5) is 10.2 Å². The Hall–Kier alpha value is -3.27. The van der Waals surface area contributed by atoms with E-state index in [-0.39, 0.29) is 34.8 Å². The maximum atomic E-state index is 14.3. The third-order valence-electron chi connectivity index (χ3n) is 9.65. The maximum Gasteiger partial charge on any atom is 0.309 e. The summed E-state index contributed by atoms with van der Waals surface area (Å²) in [6.07, 6.45) is 9.44. The first-order valence-corrected chi connectivity index (χ1v) is 16.6. The molecule has 0 radical (unpaired) electrons. The van der Waals surface area contributed by atoms with Crippen LogP contribution in [0.1, 0.15) is 90.4 Å².